The molecule has 1 aromatic heterocycles. The van der Waals surface area contributed by atoms with Crippen LogP contribution in [0.2, 0.25) is 0 Å². The lowest BCUT2D eigenvalue weighted by atomic mass is 10.00. The quantitative estimate of drug-likeness (QED) is 0.435. The smallest absolute Gasteiger partial charge is 0.255 e. The second kappa shape index (κ2) is 11.4. The molecule has 5 rings (SSSR count). The van der Waals surface area contributed by atoms with Crippen molar-refractivity contribution in [2.24, 2.45) is 0 Å². The molecule has 1 N–H and O–H groups in total. The van der Waals surface area contributed by atoms with Gasteiger partial charge in [-0.25, -0.2) is 4.98 Å². The first-order chi connectivity index (χ1) is 18.4. The van der Waals surface area contributed by atoms with Crippen LogP contribution in [-0.4, -0.2) is 74.2 Å². The number of ketones is 1. The number of thiazole rings is 1. The number of fused-ring (bicyclic) bond motifs is 1. The third-order valence-corrected chi connectivity index (χ3v) is 9.02. The zero-order chi connectivity index (χ0) is 26.8. The van der Waals surface area contributed by atoms with Crippen LogP contribution in [0.1, 0.15) is 40.0 Å². The molecule has 1 saturated heterocycles. The summed E-state index contributed by atoms with van der Waals surface area (Å²) in [6.07, 6.45) is 2.22. The molecular formula is C29H31N3O4S2. The molecule has 2 aliphatic heterocycles. The van der Waals surface area contributed by atoms with E-state index in [1.165, 1.54) is 16.7 Å². The summed E-state index contributed by atoms with van der Waals surface area (Å²) in [4.78, 5) is 48.8. The van der Waals surface area contributed by atoms with Gasteiger partial charge in [0.15, 0.2) is 5.78 Å². The molecule has 2 amide bonds. The lowest BCUT2D eigenvalue weighted by Gasteiger charge is -2.32. The van der Waals surface area contributed by atoms with E-state index >= 15 is 0 Å². The van der Waals surface area contributed by atoms with E-state index in [-0.39, 0.29) is 37.0 Å². The van der Waals surface area contributed by atoms with E-state index in [4.69, 9.17) is 0 Å². The topological polar surface area (TPSA) is 90.8 Å². The molecule has 0 radical (unpaired) electrons. The molecule has 7 nitrogen and oxygen atoms in total. The summed E-state index contributed by atoms with van der Waals surface area (Å²) in [7, 11) is 0. The summed E-state index contributed by atoms with van der Waals surface area (Å²) >= 11 is 3.10. The molecule has 9 heteroatoms. The van der Waals surface area contributed by atoms with Crippen molar-refractivity contribution in [1.82, 2.24) is 14.8 Å². The Balaban J connectivity index is 1.26. The Morgan fingerprint density at radius 3 is 2.63 bits per heavy atom. The Kier molecular flexibility index (Phi) is 7.97. The number of aryl methyl sites for hydroxylation is 2. The molecule has 1 fully saturated rings. The molecule has 2 aromatic carbocycles. The molecule has 0 aliphatic carbocycles. The predicted molar refractivity (Wildman–Crippen MR) is 150 cm³/mol. The van der Waals surface area contributed by atoms with Crippen molar-refractivity contribution >= 4 is 40.7 Å². The third-order valence-electron chi connectivity index (χ3n) is 7.39. The van der Waals surface area contributed by atoms with Gasteiger partial charge < -0.3 is 14.9 Å². The summed E-state index contributed by atoms with van der Waals surface area (Å²) in [5, 5.41) is 10.4. The number of rotatable bonds is 9. The number of hydrogen-bond acceptors (Lipinski definition) is 7. The summed E-state index contributed by atoms with van der Waals surface area (Å²) in [6.45, 7) is 2.47. The SMILES string of the molecule is CSC[C@@H](C(=O)N1C[C@H](O)C[C@H]1C(=O)CCc1ccc(-c2scnc2C)cc1)N1Cc2ccccc2C1=O. The van der Waals surface area contributed by atoms with E-state index in [1.807, 2.05) is 61.2 Å². The fraction of sp³-hybridized carbons (Fsp3) is 0.379. The maximum absolute atomic E-state index is 13.8. The van der Waals surface area contributed by atoms with Crippen molar-refractivity contribution in [3.63, 3.8) is 0 Å². The van der Waals surface area contributed by atoms with Crippen molar-refractivity contribution in [2.45, 2.75) is 50.9 Å². The lowest BCUT2D eigenvalue weighted by molar-refractivity contribution is -0.141. The first-order valence-electron chi connectivity index (χ1n) is 12.8. The molecule has 198 valence electrons. The molecule has 0 unspecified atom stereocenters. The summed E-state index contributed by atoms with van der Waals surface area (Å²) in [5.74, 6) is -0.0547. The van der Waals surface area contributed by atoms with Gasteiger partial charge in [-0.1, -0.05) is 42.5 Å². The molecule has 38 heavy (non-hydrogen) atoms. The standard InChI is InChI=1S/C29H31N3O4S2/c1-18-27(38-17-30-18)20-10-7-19(8-11-20)9-12-26(34)24-13-22(33)15-32(24)29(36)25(16-37-2)31-14-21-5-3-4-6-23(21)28(31)35/h3-8,10-11,17,22,24-25,33H,9,12-16H2,1-2H3/t22-,24+,25+/m1/s1. The minimum Gasteiger partial charge on any atom is -0.391 e. The lowest BCUT2D eigenvalue weighted by Crippen LogP contribution is -2.53. The van der Waals surface area contributed by atoms with Crippen molar-refractivity contribution in [3.05, 3.63) is 76.4 Å². The number of thioether (sulfide) groups is 1. The van der Waals surface area contributed by atoms with Crippen LogP contribution in [-0.2, 0) is 22.6 Å². The first kappa shape index (κ1) is 26.6. The van der Waals surface area contributed by atoms with Gasteiger partial charge in [-0.2, -0.15) is 11.8 Å². The van der Waals surface area contributed by atoms with E-state index in [0.717, 1.165) is 27.3 Å². The summed E-state index contributed by atoms with van der Waals surface area (Å²) in [6, 6.07) is 14.2. The molecule has 2 aliphatic rings. The number of hydrogen-bond donors (Lipinski definition) is 1. The zero-order valence-corrected chi connectivity index (χ0v) is 23.1. The number of aromatic nitrogens is 1. The normalized spacial score (nSPS) is 19.6. The van der Waals surface area contributed by atoms with E-state index in [9.17, 15) is 19.5 Å². The van der Waals surface area contributed by atoms with Gasteiger partial charge in [-0.15, -0.1) is 11.3 Å². The van der Waals surface area contributed by atoms with Gasteiger partial charge in [0.2, 0.25) is 5.91 Å². The van der Waals surface area contributed by atoms with E-state index in [0.29, 0.717) is 24.3 Å². The monoisotopic (exact) mass is 549 g/mol. The van der Waals surface area contributed by atoms with Gasteiger partial charge in [0.05, 0.1) is 28.2 Å². The van der Waals surface area contributed by atoms with Crippen molar-refractivity contribution < 1.29 is 19.5 Å². The Labute approximate surface area is 230 Å². The number of benzene rings is 2. The highest BCUT2D eigenvalue weighted by Gasteiger charge is 2.44. The van der Waals surface area contributed by atoms with Gasteiger partial charge in [-0.3, -0.25) is 14.4 Å². The van der Waals surface area contributed by atoms with Crippen LogP contribution in [0.3, 0.4) is 0 Å². The fourth-order valence-electron chi connectivity index (χ4n) is 5.37. The molecule has 3 aromatic rings. The average Bonchev–Trinajstić information content (AvgIpc) is 3.63. The molecule has 3 heterocycles. The number of carbonyl (C=O) groups excluding carboxylic acids is 3. The van der Waals surface area contributed by atoms with Crippen LogP contribution < -0.4 is 0 Å². The number of aliphatic hydroxyl groups excluding tert-OH is 1. The number of carbonyl (C=O) groups is 3. The van der Waals surface area contributed by atoms with E-state index < -0.39 is 18.2 Å². The Bertz CT molecular complexity index is 1340. The van der Waals surface area contributed by atoms with Gasteiger partial charge in [-0.05, 0) is 42.4 Å². The number of likely N-dealkylation sites (tertiary alicyclic amines) is 1. The van der Waals surface area contributed by atoms with Crippen molar-refractivity contribution in [1.29, 1.82) is 0 Å². The highest BCUT2D eigenvalue weighted by Crippen LogP contribution is 2.30. The number of β-amino-alcohol motifs (C(OH)–C–C–N with tert-alkyl or cyclic N) is 1. The highest BCUT2D eigenvalue weighted by atomic mass is 32.2. The maximum Gasteiger partial charge on any atom is 0.255 e. The second-order valence-corrected chi connectivity index (χ2v) is 11.7. The van der Waals surface area contributed by atoms with Gasteiger partial charge in [0, 0.05) is 37.2 Å². The zero-order valence-electron chi connectivity index (χ0n) is 21.5. The molecular weight excluding hydrogens is 518 g/mol. The predicted octanol–water partition coefficient (Wildman–Crippen LogP) is 3.97. The van der Waals surface area contributed by atoms with Crippen LogP contribution in [0.4, 0.5) is 0 Å². The first-order valence-corrected chi connectivity index (χ1v) is 15.0. The minimum absolute atomic E-state index is 0.0591. The van der Waals surface area contributed by atoms with Crippen LogP contribution >= 0.6 is 23.1 Å². The molecule has 0 spiro atoms. The highest BCUT2D eigenvalue weighted by molar-refractivity contribution is 7.98. The number of Topliss-reactive ketones (excluding diaryl/α,β-unsaturated/α-hetero) is 1. The average molecular weight is 550 g/mol. The van der Waals surface area contributed by atoms with Crippen molar-refractivity contribution in [2.75, 3.05) is 18.6 Å². The maximum atomic E-state index is 13.8. The Morgan fingerprint density at radius 2 is 1.95 bits per heavy atom. The number of aliphatic hydroxyl groups is 1. The van der Waals surface area contributed by atoms with Gasteiger partial charge >= 0.3 is 0 Å². The Morgan fingerprint density at radius 1 is 1.18 bits per heavy atom. The number of nitrogens with zero attached hydrogens (tertiary/aromatic N) is 3. The van der Waals surface area contributed by atoms with E-state index in [1.54, 1.807) is 22.3 Å². The van der Waals surface area contributed by atoms with Crippen LogP contribution in [0.5, 0.6) is 0 Å². The summed E-state index contributed by atoms with van der Waals surface area (Å²) < 4.78 is 0. The molecule has 0 saturated carbocycles. The second-order valence-electron chi connectivity index (χ2n) is 9.89. The van der Waals surface area contributed by atoms with Crippen LogP contribution in [0, 0.1) is 6.92 Å². The molecule has 0 bridgehead atoms. The van der Waals surface area contributed by atoms with Gasteiger partial charge in [0.25, 0.3) is 5.91 Å². The Hall–Kier alpha value is -3.01. The summed E-state index contributed by atoms with van der Waals surface area (Å²) in [5.41, 5.74) is 6.51. The number of amides is 2. The third kappa shape index (κ3) is 5.28. The van der Waals surface area contributed by atoms with Gasteiger partial charge in [0.1, 0.15) is 6.04 Å². The van der Waals surface area contributed by atoms with Crippen LogP contribution in [0.25, 0.3) is 10.4 Å². The van der Waals surface area contributed by atoms with E-state index in [2.05, 4.69) is 4.98 Å². The van der Waals surface area contributed by atoms with Crippen LogP contribution in [0.15, 0.2) is 54.0 Å². The fourth-order valence-corrected chi connectivity index (χ4v) is 6.82. The van der Waals surface area contributed by atoms with Crippen molar-refractivity contribution in [3.8, 4) is 10.4 Å². The minimum atomic E-state index is -0.753. The molecule has 3 atom stereocenters. The largest absolute Gasteiger partial charge is 0.391 e.